The molecular formula is C98H179N9O2. The van der Waals surface area contributed by atoms with E-state index in [9.17, 15) is 4.79 Å². The second-order valence-corrected chi connectivity index (χ2v) is 43.3. The summed E-state index contributed by atoms with van der Waals surface area (Å²) in [4.78, 5) is 34.7. The molecule has 1 aliphatic carbocycles. The molecule has 109 heavy (non-hydrogen) atoms. The van der Waals surface area contributed by atoms with Crippen molar-refractivity contribution in [3.05, 3.63) is 108 Å². The van der Waals surface area contributed by atoms with Crippen LogP contribution in [0.15, 0.2) is 91.0 Å². The summed E-state index contributed by atoms with van der Waals surface area (Å²) in [5.74, 6) is 2.28. The Morgan fingerprint density at radius 3 is 0.872 bits per heavy atom. The molecule has 0 bridgehead atoms. The average molecular weight is 1520 g/mol. The van der Waals surface area contributed by atoms with E-state index in [4.69, 9.17) is 4.74 Å². The van der Waals surface area contributed by atoms with Crippen LogP contribution in [0.2, 0.25) is 0 Å². The Morgan fingerprint density at radius 1 is 0.284 bits per heavy atom. The van der Waals surface area contributed by atoms with Gasteiger partial charge in [-0.15, -0.1) is 0 Å². The van der Waals surface area contributed by atoms with Gasteiger partial charge in [0.1, 0.15) is 5.60 Å². The van der Waals surface area contributed by atoms with Crippen molar-refractivity contribution in [3.63, 3.8) is 0 Å². The van der Waals surface area contributed by atoms with Gasteiger partial charge in [0, 0.05) is 96.0 Å². The number of likely N-dealkylation sites (tertiary alicyclic amines) is 9. The zero-order valence-electron chi connectivity index (χ0n) is 75.2. The van der Waals surface area contributed by atoms with Crippen LogP contribution in [0.1, 0.15) is 352 Å². The minimum Gasteiger partial charge on any atom is -0.444 e. The molecule has 1 atom stereocenters. The molecule has 10 fully saturated rings. The molecule has 9 heterocycles. The SMILES string of the molecule is C.C.CC(C)(C)N1CC(c2ccccc2)C1.CC(C)(C)N1CCC(c2ccccc2)C1.CC(C)(C)N1CCC(c2ccccc2)CC1.CC(C)(C)N1CCC1.CC(C)(C)N1CCC2(CCCCC2)C1.CC(C)(C)N1CCCC1.CC(C)(C)N1CCCCC1.CC(C)(C)OC(=O)N1CCC2(CC1)CCN(C(C)(C)C)C2. The number of ether oxygens (including phenoxy) is 1. The summed E-state index contributed by atoms with van der Waals surface area (Å²) >= 11 is 0. The molecular weight excluding hydrogens is 1340 g/mol. The Kier molecular flexibility index (Phi) is 38.2. The third-order valence-electron chi connectivity index (χ3n) is 25.6. The molecule has 11 nitrogen and oxygen atoms in total. The van der Waals surface area contributed by atoms with E-state index in [0.29, 0.717) is 44.2 Å². The number of hydrogen-bond donors (Lipinski definition) is 0. The van der Waals surface area contributed by atoms with Gasteiger partial charge >= 0.3 is 6.09 Å². The summed E-state index contributed by atoms with van der Waals surface area (Å²) in [6.07, 6.45) is 24.6. The maximum absolute atomic E-state index is 12.1. The first-order valence-corrected chi connectivity index (χ1v) is 43.7. The van der Waals surface area contributed by atoms with Crippen LogP contribution in [0.3, 0.4) is 0 Å². The quantitative estimate of drug-likeness (QED) is 0.253. The minimum absolute atomic E-state index is 0. The van der Waals surface area contributed by atoms with E-state index in [-0.39, 0.29) is 26.5 Å². The zero-order chi connectivity index (χ0) is 79.5. The van der Waals surface area contributed by atoms with E-state index in [1.54, 1.807) is 0 Å². The van der Waals surface area contributed by atoms with Crippen LogP contribution < -0.4 is 0 Å². The molecule has 11 heteroatoms. The van der Waals surface area contributed by atoms with Crippen molar-refractivity contribution >= 4 is 6.09 Å². The number of hydrogen-bond acceptors (Lipinski definition) is 10. The van der Waals surface area contributed by atoms with Gasteiger partial charge in [-0.1, -0.05) is 132 Å². The largest absolute Gasteiger partial charge is 0.444 e. The highest BCUT2D eigenvalue weighted by Gasteiger charge is 2.45. The lowest BCUT2D eigenvalue weighted by molar-refractivity contribution is 0.00968. The van der Waals surface area contributed by atoms with Gasteiger partial charge in [-0.3, -0.25) is 39.2 Å². The topological polar surface area (TPSA) is 55.5 Å². The number of benzene rings is 3. The van der Waals surface area contributed by atoms with Crippen molar-refractivity contribution in [1.29, 1.82) is 0 Å². The van der Waals surface area contributed by atoms with Gasteiger partial charge in [0.15, 0.2) is 0 Å². The number of carbonyl (C=O) groups excluding carboxylic acids is 1. The monoisotopic (exact) mass is 1510 g/mol. The number of piperidine rings is 3. The van der Waals surface area contributed by atoms with Crippen LogP contribution in [0.5, 0.6) is 0 Å². The Hall–Kier alpha value is -3.39. The third kappa shape index (κ3) is 33.4. The lowest BCUT2D eigenvalue weighted by atomic mass is 9.73. The van der Waals surface area contributed by atoms with Gasteiger partial charge < -0.3 is 9.64 Å². The predicted octanol–water partition coefficient (Wildman–Crippen LogP) is 23.7. The van der Waals surface area contributed by atoms with Crippen LogP contribution in [0.25, 0.3) is 0 Å². The highest BCUT2D eigenvalue weighted by atomic mass is 16.6. The molecule has 9 saturated heterocycles. The first-order chi connectivity index (χ1) is 49.6. The molecule has 0 radical (unpaired) electrons. The van der Waals surface area contributed by atoms with Crippen molar-refractivity contribution < 1.29 is 9.53 Å². The van der Waals surface area contributed by atoms with Crippen LogP contribution in [0.4, 0.5) is 4.79 Å². The Bertz CT molecular complexity index is 2920. The first kappa shape index (κ1) is 98.0. The summed E-state index contributed by atoms with van der Waals surface area (Å²) in [6.45, 7) is 83.0. The maximum Gasteiger partial charge on any atom is 0.410 e. The van der Waals surface area contributed by atoms with Gasteiger partial charge in [-0.25, -0.2) is 4.79 Å². The highest BCUT2D eigenvalue weighted by Crippen LogP contribution is 2.46. The van der Waals surface area contributed by atoms with Crippen molar-refractivity contribution in [2.75, 3.05) is 118 Å². The van der Waals surface area contributed by atoms with Gasteiger partial charge in [-0.05, 0) is 388 Å². The minimum atomic E-state index is -0.400. The van der Waals surface area contributed by atoms with E-state index in [2.05, 4.69) is 296 Å². The van der Waals surface area contributed by atoms with Crippen molar-refractivity contribution in [2.45, 2.75) is 385 Å². The second kappa shape index (κ2) is 42.5. The molecule has 1 unspecified atom stereocenters. The molecule has 3 aromatic rings. The van der Waals surface area contributed by atoms with E-state index < -0.39 is 5.60 Å². The molecule has 10 aliphatic rings. The molecule has 9 aliphatic heterocycles. The fourth-order valence-corrected chi connectivity index (χ4v) is 17.5. The third-order valence-corrected chi connectivity index (χ3v) is 25.6. The maximum atomic E-state index is 12.1. The van der Waals surface area contributed by atoms with Crippen molar-refractivity contribution in [2.24, 2.45) is 10.8 Å². The smallest absolute Gasteiger partial charge is 0.410 e. The molecule has 0 N–H and O–H groups in total. The number of amides is 1. The van der Waals surface area contributed by atoms with Gasteiger partial charge in [-0.2, -0.15) is 0 Å². The van der Waals surface area contributed by atoms with Crippen LogP contribution in [-0.4, -0.2) is 218 Å². The van der Waals surface area contributed by atoms with E-state index in [0.717, 1.165) is 49.1 Å². The Morgan fingerprint density at radius 2 is 0.560 bits per heavy atom. The molecule has 13 rings (SSSR count). The fourth-order valence-electron chi connectivity index (χ4n) is 17.5. The Balaban J connectivity index is 0.000000266. The van der Waals surface area contributed by atoms with Crippen LogP contribution >= 0.6 is 0 Å². The van der Waals surface area contributed by atoms with Gasteiger partial charge in [0.05, 0.1) is 0 Å². The summed E-state index contributed by atoms with van der Waals surface area (Å²) in [5.41, 5.74) is 8.16. The summed E-state index contributed by atoms with van der Waals surface area (Å²) in [5, 5.41) is 0. The van der Waals surface area contributed by atoms with Crippen LogP contribution in [0, 0.1) is 10.8 Å². The molecule has 1 amide bonds. The fraction of sp³-hybridized carbons (Fsp3) is 0.806. The van der Waals surface area contributed by atoms with Gasteiger partial charge in [0.2, 0.25) is 0 Å². The standard InChI is InChI=1S/C17H32N2O2.C15H23N.C14H21N.C13H19N.C13H25N.C9H19N.C8H17N.C7H15N.2CH4/c1-15(2,3)19-12-9-17(13-19)7-10-18(11-8-17)14(20)21-16(4,5)6;1-15(2,3)16-11-9-14(10-12-16)13-7-5-4-6-8-13;1-14(2,3)15-10-9-13(11-15)12-7-5-4-6-8-12;1-13(2,3)14-9-12(10-14)11-7-5-4-6-8-11;1-12(2,3)14-10-9-13(11-14)7-5-4-6-8-13;1-9(2,3)10-7-5-4-6-8-10;1-8(2,3)9-6-4-5-7-9;1-7(2,3)8-5-4-6-8;;/h7-13H2,1-6H3;4-8,14H,9-12H2,1-3H3;4-8,13H,9-11H2,1-3H3;4-8,12H,9-10H2,1-3H3;4-11H2,1-3H3;4-8H2,1-3H3;4-7H2,1-3H3;4-6H2,1-3H3;2*1H4. The van der Waals surface area contributed by atoms with Crippen molar-refractivity contribution in [3.8, 4) is 0 Å². The summed E-state index contributed by atoms with van der Waals surface area (Å²) in [6, 6.07) is 32.7. The number of rotatable bonds is 3. The normalized spacial score (nSPS) is 22.5. The van der Waals surface area contributed by atoms with Crippen LogP contribution in [-0.2, 0) is 4.74 Å². The zero-order valence-corrected chi connectivity index (χ0v) is 75.2. The molecule has 2 spiro atoms. The Labute approximate surface area is 677 Å². The van der Waals surface area contributed by atoms with E-state index in [1.165, 1.54) is 224 Å². The first-order valence-electron chi connectivity index (χ1n) is 43.7. The van der Waals surface area contributed by atoms with Gasteiger partial charge in [0.25, 0.3) is 0 Å². The lowest BCUT2D eigenvalue weighted by Gasteiger charge is -2.48. The van der Waals surface area contributed by atoms with E-state index >= 15 is 0 Å². The highest BCUT2D eigenvalue weighted by molar-refractivity contribution is 5.68. The molecule has 1 saturated carbocycles. The molecule has 0 aromatic heterocycles. The molecule has 3 aromatic carbocycles. The lowest BCUT2D eigenvalue weighted by Crippen LogP contribution is -2.54. The summed E-state index contributed by atoms with van der Waals surface area (Å²) in [7, 11) is 0. The second-order valence-electron chi connectivity index (χ2n) is 43.3. The number of carbonyl (C=O) groups is 1. The molecule has 628 valence electrons. The van der Waals surface area contributed by atoms with Crippen molar-refractivity contribution in [1.82, 2.24) is 44.1 Å². The number of nitrogens with zero attached hydrogens (tertiary/aromatic N) is 9. The predicted molar refractivity (Wildman–Crippen MR) is 477 cm³/mol. The summed E-state index contributed by atoms with van der Waals surface area (Å²) < 4.78 is 5.48. The average Bonchev–Trinajstić information content (AvgIpc) is 1.78. The van der Waals surface area contributed by atoms with E-state index in [1.807, 2.05) is 25.7 Å².